The maximum atomic E-state index is 14.5. The smallest absolute Gasteiger partial charge is 0.412 e. The van der Waals surface area contributed by atoms with Gasteiger partial charge in [-0.1, -0.05) is 30.3 Å². The van der Waals surface area contributed by atoms with Crippen LogP contribution in [0.1, 0.15) is 18.4 Å². The molecule has 188 valence electrons. The van der Waals surface area contributed by atoms with Gasteiger partial charge in [0.05, 0.1) is 5.69 Å². The van der Waals surface area contributed by atoms with Crippen LogP contribution in [-0.2, 0) is 11.3 Å². The van der Waals surface area contributed by atoms with Gasteiger partial charge in [0, 0.05) is 24.4 Å². The molecule has 36 heavy (non-hydrogen) atoms. The van der Waals surface area contributed by atoms with Gasteiger partial charge in [0.1, 0.15) is 23.9 Å². The van der Waals surface area contributed by atoms with E-state index in [1.807, 2.05) is 30.3 Å². The molecule has 0 spiro atoms. The Morgan fingerprint density at radius 1 is 1.03 bits per heavy atom. The number of halogens is 1. The lowest BCUT2D eigenvalue weighted by Crippen LogP contribution is -2.44. The van der Waals surface area contributed by atoms with Crippen LogP contribution in [0, 0.1) is 5.82 Å². The van der Waals surface area contributed by atoms with E-state index >= 15 is 0 Å². The number of hydrogen-bond donors (Lipinski definition) is 3. The summed E-state index contributed by atoms with van der Waals surface area (Å²) >= 11 is 0. The van der Waals surface area contributed by atoms with Crippen LogP contribution in [0.4, 0.5) is 25.5 Å². The van der Waals surface area contributed by atoms with Crippen molar-refractivity contribution in [2.45, 2.75) is 25.5 Å². The van der Waals surface area contributed by atoms with Crippen molar-refractivity contribution in [3.63, 3.8) is 0 Å². The first-order valence-corrected chi connectivity index (χ1v) is 11.6. The summed E-state index contributed by atoms with van der Waals surface area (Å²) < 4.78 is 25.4. The van der Waals surface area contributed by atoms with E-state index in [1.165, 1.54) is 18.3 Å². The second kappa shape index (κ2) is 12.0. The number of benzene rings is 2. The molecule has 0 aliphatic carbocycles. The molecule has 2 aromatic carbocycles. The summed E-state index contributed by atoms with van der Waals surface area (Å²) in [6.45, 7) is 1.95. The molecule has 9 nitrogen and oxygen atoms in total. The van der Waals surface area contributed by atoms with E-state index in [2.05, 4.69) is 32.9 Å². The zero-order chi connectivity index (χ0) is 25.3. The Bertz CT molecular complexity index is 1190. The SMILES string of the molecule is CN1CCC(NC(=O)Nc2cc(Oc3ccc(NC(=O)OCc4ccccc4)c(F)c3)ccn2)CC1. The van der Waals surface area contributed by atoms with Crippen LogP contribution in [0.15, 0.2) is 66.9 Å². The fraction of sp³-hybridized carbons (Fsp3) is 0.269. The minimum atomic E-state index is -0.769. The molecular formula is C26H28FN5O4. The number of rotatable bonds is 7. The second-order valence-electron chi connectivity index (χ2n) is 8.48. The fourth-order valence-electron chi connectivity index (χ4n) is 3.70. The average Bonchev–Trinajstić information content (AvgIpc) is 2.87. The summed E-state index contributed by atoms with van der Waals surface area (Å²) in [6, 6.07) is 16.1. The zero-order valence-corrected chi connectivity index (χ0v) is 19.9. The molecule has 3 aromatic rings. The molecule has 1 saturated heterocycles. The van der Waals surface area contributed by atoms with Gasteiger partial charge >= 0.3 is 12.1 Å². The fourth-order valence-corrected chi connectivity index (χ4v) is 3.70. The van der Waals surface area contributed by atoms with Crippen molar-refractivity contribution in [3.8, 4) is 11.5 Å². The number of urea groups is 1. The topological polar surface area (TPSA) is 105 Å². The monoisotopic (exact) mass is 493 g/mol. The van der Waals surface area contributed by atoms with E-state index in [0.29, 0.717) is 11.6 Å². The van der Waals surface area contributed by atoms with Gasteiger partial charge in [0.2, 0.25) is 0 Å². The Morgan fingerprint density at radius 3 is 2.53 bits per heavy atom. The molecule has 0 bridgehead atoms. The van der Waals surface area contributed by atoms with Crippen LogP contribution in [0.2, 0.25) is 0 Å². The summed E-state index contributed by atoms with van der Waals surface area (Å²) in [5.41, 5.74) is 0.783. The quantitative estimate of drug-likeness (QED) is 0.429. The lowest BCUT2D eigenvalue weighted by molar-refractivity contribution is 0.155. The highest BCUT2D eigenvalue weighted by molar-refractivity contribution is 5.88. The van der Waals surface area contributed by atoms with Gasteiger partial charge in [0.25, 0.3) is 0 Å². The number of pyridine rings is 1. The number of aromatic nitrogens is 1. The molecule has 3 amide bonds. The maximum Gasteiger partial charge on any atom is 0.412 e. The van der Waals surface area contributed by atoms with Crippen molar-refractivity contribution in [2.75, 3.05) is 30.8 Å². The molecule has 1 aromatic heterocycles. The van der Waals surface area contributed by atoms with Crippen LogP contribution < -0.4 is 20.7 Å². The number of hydrogen-bond acceptors (Lipinski definition) is 6. The van der Waals surface area contributed by atoms with Gasteiger partial charge < -0.3 is 19.7 Å². The highest BCUT2D eigenvalue weighted by atomic mass is 19.1. The van der Waals surface area contributed by atoms with E-state index < -0.39 is 11.9 Å². The maximum absolute atomic E-state index is 14.5. The Hall–Kier alpha value is -4.18. The molecule has 0 unspecified atom stereocenters. The van der Waals surface area contributed by atoms with Crippen molar-refractivity contribution in [2.24, 2.45) is 0 Å². The predicted octanol–water partition coefficient (Wildman–Crippen LogP) is 4.98. The largest absolute Gasteiger partial charge is 0.457 e. The average molecular weight is 494 g/mol. The molecule has 3 N–H and O–H groups in total. The van der Waals surface area contributed by atoms with Gasteiger partial charge in [-0.25, -0.2) is 19.0 Å². The minimum Gasteiger partial charge on any atom is -0.457 e. The van der Waals surface area contributed by atoms with Crippen LogP contribution in [0.25, 0.3) is 0 Å². The molecule has 0 saturated carbocycles. The third kappa shape index (κ3) is 7.41. The Labute approximate surface area is 208 Å². The summed E-state index contributed by atoms with van der Waals surface area (Å²) in [5, 5.41) is 8.03. The van der Waals surface area contributed by atoms with Crippen LogP contribution in [0.3, 0.4) is 0 Å². The first kappa shape index (κ1) is 24.9. The zero-order valence-electron chi connectivity index (χ0n) is 19.9. The lowest BCUT2D eigenvalue weighted by Gasteiger charge is -2.29. The third-order valence-electron chi connectivity index (χ3n) is 5.65. The summed E-state index contributed by atoms with van der Waals surface area (Å²) in [4.78, 5) is 30.7. The molecular weight excluding hydrogens is 465 g/mol. The lowest BCUT2D eigenvalue weighted by atomic mass is 10.1. The van der Waals surface area contributed by atoms with Crippen LogP contribution in [-0.4, -0.2) is 48.2 Å². The number of carbonyl (C=O) groups is 2. The van der Waals surface area contributed by atoms with Crippen molar-refractivity contribution >= 4 is 23.6 Å². The van der Waals surface area contributed by atoms with E-state index in [1.54, 1.807) is 12.1 Å². The van der Waals surface area contributed by atoms with Gasteiger partial charge in [-0.2, -0.15) is 0 Å². The van der Waals surface area contributed by atoms with E-state index in [0.717, 1.165) is 37.6 Å². The number of piperidine rings is 1. The van der Waals surface area contributed by atoms with Gasteiger partial charge in [-0.05, 0) is 56.7 Å². The number of likely N-dealkylation sites (tertiary alicyclic amines) is 1. The van der Waals surface area contributed by atoms with E-state index in [4.69, 9.17) is 9.47 Å². The molecule has 0 atom stereocenters. The summed E-state index contributed by atoms with van der Waals surface area (Å²) in [6.07, 6.45) is 2.49. The number of nitrogens with zero attached hydrogens (tertiary/aromatic N) is 2. The number of amides is 3. The van der Waals surface area contributed by atoms with Gasteiger partial charge in [0.15, 0.2) is 5.82 Å². The molecule has 1 aliphatic rings. The van der Waals surface area contributed by atoms with E-state index in [9.17, 15) is 14.0 Å². The van der Waals surface area contributed by atoms with Crippen molar-refractivity contribution in [1.82, 2.24) is 15.2 Å². The molecule has 2 heterocycles. The molecule has 1 fully saturated rings. The first-order valence-electron chi connectivity index (χ1n) is 11.6. The minimum absolute atomic E-state index is 0.0388. The molecule has 10 heteroatoms. The normalized spacial score (nSPS) is 14.1. The Kier molecular flexibility index (Phi) is 8.30. The summed E-state index contributed by atoms with van der Waals surface area (Å²) in [7, 11) is 2.06. The number of carbonyl (C=O) groups excluding carboxylic acids is 2. The van der Waals surface area contributed by atoms with Crippen LogP contribution in [0.5, 0.6) is 11.5 Å². The van der Waals surface area contributed by atoms with E-state index in [-0.39, 0.29) is 30.1 Å². The van der Waals surface area contributed by atoms with Gasteiger partial charge in [-0.15, -0.1) is 0 Å². The predicted molar refractivity (Wildman–Crippen MR) is 134 cm³/mol. The van der Waals surface area contributed by atoms with Crippen molar-refractivity contribution < 1.29 is 23.5 Å². The van der Waals surface area contributed by atoms with Crippen molar-refractivity contribution in [1.29, 1.82) is 0 Å². The molecule has 4 rings (SSSR count). The van der Waals surface area contributed by atoms with Crippen molar-refractivity contribution in [3.05, 3.63) is 78.2 Å². The molecule has 0 radical (unpaired) electrons. The highest BCUT2D eigenvalue weighted by Gasteiger charge is 2.18. The Morgan fingerprint density at radius 2 is 1.78 bits per heavy atom. The number of nitrogens with one attached hydrogen (secondary N) is 3. The third-order valence-corrected chi connectivity index (χ3v) is 5.65. The second-order valence-corrected chi connectivity index (χ2v) is 8.48. The summed E-state index contributed by atoms with van der Waals surface area (Å²) in [5.74, 6) is 0.192. The first-order chi connectivity index (χ1) is 17.4. The standard InChI is InChI=1S/C26H28FN5O4/c1-32-13-10-19(11-14-32)29-25(33)31-24-16-21(9-12-28-24)36-20-7-8-23(22(27)15-20)30-26(34)35-17-18-5-3-2-4-6-18/h2-9,12,15-16,19H,10-11,13-14,17H2,1H3,(H,30,34)(H2,28,29,31,33). The highest BCUT2D eigenvalue weighted by Crippen LogP contribution is 2.27. The van der Waals surface area contributed by atoms with Gasteiger partial charge in [-0.3, -0.25) is 10.6 Å². The number of anilines is 2. The Balaban J connectivity index is 1.29. The number of ether oxygens (including phenoxy) is 2. The van der Waals surface area contributed by atoms with Crippen LogP contribution >= 0.6 is 0 Å². The molecule has 1 aliphatic heterocycles.